The van der Waals surface area contributed by atoms with Crippen LogP contribution in [-0.2, 0) is 11.2 Å². The van der Waals surface area contributed by atoms with Crippen molar-refractivity contribution in [3.05, 3.63) is 16.8 Å². The lowest BCUT2D eigenvalue weighted by molar-refractivity contribution is 0.0470. The first-order valence-electron chi connectivity index (χ1n) is 10.6. The third-order valence-electron chi connectivity index (χ3n) is 5.71. The molecule has 1 saturated carbocycles. The van der Waals surface area contributed by atoms with Crippen LogP contribution in [0.4, 0.5) is 4.79 Å². The second-order valence-corrected chi connectivity index (χ2v) is 10.2. The number of carbonyl (C=O) groups excluding carboxylic acids is 1. The summed E-state index contributed by atoms with van der Waals surface area (Å²) in [5.41, 5.74) is 0.736. The number of aromatic nitrogens is 2. The molecular formula is C22H28N4O3S. The van der Waals surface area contributed by atoms with E-state index in [1.54, 1.807) is 17.7 Å². The lowest BCUT2D eigenvalue weighted by Gasteiger charge is -2.30. The lowest BCUT2D eigenvalue weighted by atomic mass is 9.93. The minimum absolute atomic E-state index is 0.0613. The summed E-state index contributed by atoms with van der Waals surface area (Å²) in [6.07, 6.45) is 7.19. The van der Waals surface area contributed by atoms with Gasteiger partial charge < -0.3 is 14.8 Å². The summed E-state index contributed by atoms with van der Waals surface area (Å²) in [6, 6.07) is 2.43. The third-order valence-corrected chi connectivity index (χ3v) is 6.88. The second kappa shape index (κ2) is 8.38. The van der Waals surface area contributed by atoms with Crippen LogP contribution >= 0.6 is 11.3 Å². The molecule has 7 nitrogen and oxygen atoms in total. The van der Waals surface area contributed by atoms with Crippen molar-refractivity contribution in [2.75, 3.05) is 0 Å². The molecule has 0 aromatic carbocycles. The molecule has 0 radical (unpaired) electrons. The van der Waals surface area contributed by atoms with Crippen molar-refractivity contribution in [2.24, 2.45) is 0 Å². The van der Waals surface area contributed by atoms with E-state index in [2.05, 4.69) is 21.4 Å². The Morgan fingerprint density at radius 1 is 1.27 bits per heavy atom. The standard InChI is InChI=1S/C22H28N4O3S/c1-22(2,3)29-21(27)26-14-5-7-15(8-6-14)28-19-18-17-13(10-11-23)4-9-16(17)30-20(18)25-12-24-19/h12-15H,4-10H2,1-3H3,(H,26,27)/t13-,14?,15?/m1/s1. The minimum atomic E-state index is -0.493. The molecule has 30 heavy (non-hydrogen) atoms. The number of nitriles is 1. The van der Waals surface area contributed by atoms with Gasteiger partial charge in [-0.15, -0.1) is 11.3 Å². The van der Waals surface area contributed by atoms with Crippen molar-refractivity contribution in [3.8, 4) is 11.9 Å². The summed E-state index contributed by atoms with van der Waals surface area (Å²) in [4.78, 5) is 23.2. The minimum Gasteiger partial charge on any atom is -0.474 e. The van der Waals surface area contributed by atoms with Crippen LogP contribution in [0, 0.1) is 11.3 Å². The van der Waals surface area contributed by atoms with E-state index >= 15 is 0 Å². The van der Waals surface area contributed by atoms with Gasteiger partial charge in [0.1, 0.15) is 22.9 Å². The van der Waals surface area contributed by atoms with E-state index in [4.69, 9.17) is 9.47 Å². The smallest absolute Gasteiger partial charge is 0.407 e. The first-order valence-corrected chi connectivity index (χ1v) is 11.4. The van der Waals surface area contributed by atoms with E-state index in [0.29, 0.717) is 12.3 Å². The number of carbonyl (C=O) groups is 1. The number of aryl methyl sites for hydroxylation is 1. The van der Waals surface area contributed by atoms with Crippen LogP contribution in [0.2, 0.25) is 0 Å². The zero-order valence-electron chi connectivity index (χ0n) is 17.7. The van der Waals surface area contributed by atoms with Crippen LogP contribution in [0.25, 0.3) is 10.2 Å². The molecule has 2 aliphatic carbocycles. The van der Waals surface area contributed by atoms with Crippen molar-refractivity contribution >= 4 is 27.6 Å². The highest BCUT2D eigenvalue weighted by molar-refractivity contribution is 7.19. The van der Waals surface area contributed by atoms with Crippen LogP contribution in [0.1, 0.15) is 75.7 Å². The number of fused-ring (bicyclic) bond motifs is 3. The van der Waals surface area contributed by atoms with Gasteiger partial charge in [-0.2, -0.15) is 5.26 Å². The summed E-state index contributed by atoms with van der Waals surface area (Å²) in [6.45, 7) is 5.59. The highest BCUT2D eigenvalue weighted by atomic mass is 32.1. The van der Waals surface area contributed by atoms with E-state index in [9.17, 15) is 10.1 Å². The van der Waals surface area contributed by atoms with Crippen LogP contribution < -0.4 is 10.1 Å². The molecule has 1 amide bonds. The molecule has 2 aliphatic rings. The third kappa shape index (κ3) is 4.51. The number of hydrogen-bond acceptors (Lipinski definition) is 7. The second-order valence-electron chi connectivity index (χ2n) is 9.13. The zero-order chi connectivity index (χ0) is 21.3. The average molecular weight is 429 g/mol. The highest BCUT2D eigenvalue weighted by Gasteiger charge is 2.31. The molecule has 1 N–H and O–H groups in total. The number of rotatable bonds is 4. The average Bonchev–Trinajstić information content (AvgIpc) is 3.22. The molecule has 0 saturated heterocycles. The number of thiophene rings is 1. The largest absolute Gasteiger partial charge is 0.474 e. The Kier molecular flexibility index (Phi) is 5.83. The van der Waals surface area contributed by atoms with Crippen molar-refractivity contribution in [3.63, 3.8) is 0 Å². The molecule has 0 unspecified atom stereocenters. The molecule has 4 rings (SSSR count). The van der Waals surface area contributed by atoms with Crippen molar-refractivity contribution in [1.29, 1.82) is 5.26 Å². The fraction of sp³-hybridized carbons (Fsp3) is 0.636. The summed E-state index contributed by atoms with van der Waals surface area (Å²) in [7, 11) is 0. The van der Waals surface area contributed by atoms with E-state index in [1.807, 2.05) is 20.8 Å². The van der Waals surface area contributed by atoms with Crippen LogP contribution in [0.3, 0.4) is 0 Å². The molecule has 160 valence electrons. The van der Waals surface area contributed by atoms with Gasteiger partial charge in [0, 0.05) is 17.3 Å². The Hall–Kier alpha value is -2.40. The maximum Gasteiger partial charge on any atom is 0.407 e. The molecule has 2 aromatic heterocycles. The summed E-state index contributed by atoms with van der Waals surface area (Å²) < 4.78 is 11.7. The highest BCUT2D eigenvalue weighted by Crippen LogP contribution is 2.47. The Morgan fingerprint density at radius 3 is 2.73 bits per heavy atom. The fourth-order valence-corrected chi connectivity index (χ4v) is 5.63. The Balaban J connectivity index is 1.42. The van der Waals surface area contributed by atoms with E-state index in [1.165, 1.54) is 10.4 Å². The molecule has 2 aromatic rings. The number of nitrogens with zero attached hydrogens (tertiary/aromatic N) is 3. The first kappa shape index (κ1) is 20.9. The Bertz CT molecular complexity index is 967. The first-order chi connectivity index (χ1) is 14.3. The van der Waals surface area contributed by atoms with Gasteiger partial charge in [0.15, 0.2) is 0 Å². The van der Waals surface area contributed by atoms with Crippen molar-refractivity contribution < 1.29 is 14.3 Å². The predicted molar refractivity (Wildman–Crippen MR) is 115 cm³/mol. The molecular weight excluding hydrogens is 400 g/mol. The topological polar surface area (TPSA) is 97.1 Å². The van der Waals surface area contributed by atoms with Gasteiger partial charge in [0.25, 0.3) is 0 Å². The van der Waals surface area contributed by atoms with E-state index in [0.717, 1.165) is 48.7 Å². The number of amides is 1. The molecule has 8 heteroatoms. The van der Waals surface area contributed by atoms with Gasteiger partial charge in [0.05, 0.1) is 11.5 Å². The monoisotopic (exact) mass is 428 g/mol. The number of alkyl carbamates (subject to hydrolysis) is 1. The molecule has 0 spiro atoms. The molecule has 2 heterocycles. The summed E-state index contributed by atoms with van der Waals surface area (Å²) >= 11 is 1.70. The lowest BCUT2D eigenvalue weighted by Crippen LogP contribution is -2.42. The molecule has 0 bridgehead atoms. The Labute approximate surface area is 180 Å². The van der Waals surface area contributed by atoms with Crippen LogP contribution in [0.15, 0.2) is 6.33 Å². The van der Waals surface area contributed by atoms with Gasteiger partial charge in [-0.05, 0) is 70.8 Å². The SMILES string of the molecule is CC(C)(C)OC(=O)NC1CCC(Oc2ncnc3sc4c(c23)[C@@H](CC#N)CC4)CC1. The van der Waals surface area contributed by atoms with Gasteiger partial charge in [-0.25, -0.2) is 14.8 Å². The van der Waals surface area contributed by atoms with Gasteiger partial charge >= 0.3 is 6.09 Å². The van der Waals surface area contributed by atoms with Crippen LogP contribution in [0.5, 0.6) is 5.88 Å². The number of nitrogens with one attached hydrogen (secondary N) is 1. The summed E-state index contributed by atoms with van der Waals surface area (Å²) in [5, 5.41) is 13.2. The van der Waals surface area contributed by atoms with E-state index < -0.39 is 5.60 Å². The van der Waals surface area contributed by atoms with Gasteiger partial charge in [-0.3, -0.25) is 0 Å². The maximum atomic E-state index is 12.0. The molecule has 1 atom stereocenters. The molecule has 0 aliphatic heterocycles. The molecule has 1 fully saturated rings. The predicted octanol–water partition coefficient (Wildman–Crippen LogP) is 4.85. The van der Waals surface area contributed by atoms with Crippen molar-refractivity contribution in [2.45, 2.75) is 89.4 Å². The van der Waals surface area contributed by atoms with Crippen molar-refractivity contribution in [1.82, 2.24) is 15.3 Å². The number of hydrogen-bond donors (Lipinski definition) is 1. The zero-order valence-corrected chi connectivity index (χ0v) is 18.6. The van der Waals surface area contributed by atoms with Crippen LogP contribution in [-0.4, -0.2) is 33.8 Å². The number of ether oxygens (including phenoxy) is 2. The van der Waals surface area contributed by atoms with Gasteiger partial charge in [0.2, 0.25) is 5.88 Å². The quantitative estimate of drug-likeness (QED) is 0.748. The Morgan fingerprint density at radius 2 is 2.03 bits per heavy atom. The van der Waals surface area contributed by atoms with Gasteiger partial charge in [-0.1, -0.05) is 0 Å². The van der Waals surface area contributed by atoms with E-state index in [-0.39, 0.29) is 24.2 Å². The fourth-order valence-electron chi connectivity index (χ4n) is 4.40. The maximum absolute atomic E-state index is 12.0. The normalized spacial score (nSPS) is 23.6. The summed E-state index contributed by atoms with van der Waals surface area (Å²) in [5.74, 6) is 0.895.